The van der Waals surface area contributed by atoms with Gasteiger partial charge in [-0.05, 0) is 18.2 Å². The molecule has 2 rings (SSSR count). The molecule has 0 amide bonds. The molecular weight excluding hydrogens is 284 g/mol. The monoisotopic (exact) mass is 301 g/mol. The Bertz CT molecular complexity index is 309. The Morgan fingerprint density at radius 2 is 1.76 bits per heavy atom. The summed E-state index contributed by atoms with van der Waals surface area (Å²) in [7, 11) is 0. The zero-order valence-corrected chi connectivity index (χ0v) is 11.7. The second-order valence-electron chi connectivity index (χ2n) is 3.29. The third-order valence-electron chi connectivity index (χ3n) is 2.39. The van der Waals surface area contributed by atoms with Crippen LogP contribution in [0.4, 0.5) is 11.4 Å². The van der Waals surface area contributed by atoms with E-state index < -0.39 is 0 Å². The third kappa shape index (κ3) is 5.19. The summed E-state index contributed by atoms with van der Waals surface area (Å²) < 4.78 is 5.30. The summed E-state index contributed by atoms with van der Waals surface area (Å²) in [5, 5.41) is 0. The quantitative estimate of drug-likeness (QED) is 0.649. The average molecular weight is 303 g/mol. The number of hydrogen-bond acceptors (Lipinski definition) is 4. The first-order valence-corrected chi connectivity index (χ1v) is 4.79. The van der Waals surface area contributed by atoms with Gasteiger partial charge in [0.1, 0.15) is 0 Å². The molecular formula is C10H18Cl3N3O. The maximum atomic E-state index is 5.36. The van der Waals surface area contributed by atoms with E-state index in [9.17, 15) is 0 Å². The highest BCUT2D eigenvalue weighted by molar-refractivity contribution is 5.86. The molecule has 0 unspecified atom stereocenters. The number of hydrazine groups is 1. The summed E-state index contributed by atoms with van der Waals surface area (Å²) in [5.41, 5.74) is 4.79. The molecule has 0 atom stereocenters. The Morgan fingerprint density at radius 1 is 1.12 bits per heavy atom. The predicted molar refractivity (Wildman–Crippen MR) is 79.0 cm³/mol. The molecule has 0 aromatic heterocycles. The summed E-state index contributed by atoms with van der Waals surface area (Å²) in [6.07, 6.45) is 0. The Kier molecular flexibility index (Phi) is 10.7. The second kappa shape index (κ2) is 9.62. The van der Waals surface area contributed by atoms with E-state index in [-0.39, 0.29) is 37.2 Å². The van der Waals surface area contributed by atoms with Crippen molar-refractivity contribution in [1.82, 2.24) is 0 Å². The number of ether oxygens (including phenoxy) is 1. The Morgan fingerprint density at radius 3 is 2.35 bits per heavy atom. The van der Waals surface area contributed by atoms with Gasteiger partial charge in [-0.1, -0.05) is 6.07 Å². The first kappa shape index (κ1) is 19.0. The molecule has 1 heterocycles. The number of halogens is 3. The van der Waals surface area contributed by atoms with Crippen LogP contribution in [0.25, 0.3) is 0 Å². The number of nitrogens with zero attached hydrogens (tertiary/aromatic N) is 1. The van der Waals surface area contributed by atoms with Crippen LogP contribution in [0.1, 0.15) is 0 Å². The van der Waals surface area contributed by atoms with Crippen LogP contribution in [0.2, 0.25) is 0 Å². The lowest BCUT2D eigenvalue weighted by atomic mass is 10.2. The molecule has 7 heteroatoms. The number of anilines is 2. The largest absolute Gasteiger partial charge is 0.378 e. The number of nitrogen functional groups attached to an aromatic ring is 1. The van der Waals surface area contributed by atoms with Crippen LogP contribution in [-0.4, -0.2) is 26.3 Å². The zero-order valence-electron chi connectivity index (χ0n) is 9.30. The molecule has 1 aromatic rings. The van der Waals surface area contributed by atoms with Gasteiger partial charge >= 0.3 is 0 Å². The van der Waals surface area contributed by atoms with Crippen LogP contribution in [0.5, 0.6) is 0 Å². The van der Waals surface area contributed by atoms with E-state index in [1.165, 1.54) is 5.69 Å². The molecule has 17 heavy (non-hydrogen) atoms. The van der Waals surface area contributed by atoms with E-state index >= 15 is 0 Å². The molecule has 1 fully saturated rings. The lowest BCUT2D eigenvalue weighted by Crippen LogP contribution is -2.36. The topological polar surface area (TPSA) is 50.5 Å². The van der Waals surface area contributed by atoms with Gasteiger partial charge in [0, 0.05) is 18.8 Å². The van der Waals surface area contributed by atoms with Gasteiger partial charge in [0.15, 0.2) is 0 Å². The Labute approximate surface area is 120 Å². The minimum Gasteiger partial charge on any atom is -0.378 e. The van der Waals surface area contributed by atoms with Crippen LogP contribution in [-0.2, 0) is 4.74 Å². The molecule has 0 aliphatic carbocycles. The standard InChI is InChI=1S/C10H15N3O.3ClH/c11-12-9-2-1-3-10(8-9)13-4-6-14-7-5-13;;;/h1-3,8,12H,4-7,11H2;3*1H. The van der Waals surface area contributed by atoms with Crippen LogP contribution < -0.4 is 16.2 Å². The molecule has 1 aromatic carbocycles. The van der Waals surface area contributed by atoms with Gasteiger partial charge in [0.2, 0.25) is 0 Å². The van der Waals surface area contributed by atoms with E-state index in [2.05, 4.69) is 16.4 Å². The number of hydrogen-bond donors (Lipinski definition) is 2. The maximum absolute atomic E-state index is 5.36. The molecule has 3 N–H and O–H groups in total. The Balaban J connectivity index is 0. The molecule has 100 valence electrons. The van der Waals surface area contributed by atoms with Crippen molar-refractivity contribution in [1.29, 1.82) is 0 Å². The van der Waals surface area contributed by atoms with Crippen molar-refractivity contribution in [3.8, 4) is 0 Å². The van der Waals surface area contributed by atoms with Crippen LogP contribution >= 0.6 is 37.2 Å². The average Bonchev–Trinajstić information content (AvgIpc) is 2.30. The zero-order chi connectivity index (χ0) is 9.80. The minimum absolute atomic E-state index is 0. The lowest BCUT2D eigenvalue weighted by Gasteiger charge is -2.29. The van der Waals surface area contributed by atoms with Crippen molar-refractivity contribution in [2.45, 2.75) is 0 Å². The summed E-state index contributed by atoms with van der Waals surface area (Å²) in [4.78, 5) is 2.30. The normalized spacial score (nSPS) is 13.8. The second-order valence-corrected chi connectivity index (χ2v) is 3.29. The number of nitrogens with two attached hydrogens (primary N) is 1. The number of benzene rings is 1. The van der Waals surface area contributed by atoms with Crippen LogP contribution in [0, 0.1) is 0 Å². The van der Waals surface area contributed by atoms with Gasteiger partial charge in [0.25, 0.3) is 0 Å². The van der Waals surface area contributed by atoms with Gasteiger partial charge in [0.05, 0.1) is 18.9 Å². The van der Waals surface area contributed by atoms with E-state index in [1.807, 2.05) is 18.2 Å². The fourth-order valence-electron chi connectivity index (χ4n) is 1.61. The van der Waals surface area contributed by atoms with Crippen molar-refractivity contribution in [2.24, 2.45) is 5.84 Å². The van der Waals surface area contributed by atoms with Gasteiger partial charge in [-0.25, -0.2) is 0 Å². The first-order valence-electron chi connectivity index (χ1n) is 4.79. The van der Waals surface area contributed by atoms with Gasteiger partial charge in [-0.15, -0.1) is 37.2 Å². The fourth-order valence-corrected chi connectivity index (χ4v) is 1.61. The maximum Gasteiger partial charge on any atom is 0.0642 e. The van der Waals surface area contributed by atoms with Crippen LogP contribution in [0.15, 0.2) is 24.3 Å². The molecule has 4 nitrogen and oxygen atoms in total. The van der Waals surface area contributed by atoms with E-state index in [1.54, 1.807) is 0 Å². The van der Waals surface area contributed by atoms with Crippen LogP contribution in [0.3, 0.4) is 0 Å². The van der Waals surface area contributed by atoms with Crippen molar-refractivity contribution in [3.05, 3.63) is 24.3 Å². The molecule has 0 radical (unpaired) electrons. The Hall–Kier alpha value is -0.390. The summed E-state index contributed by atoms with van der Waals surface area (Å²) in [6.45, 7) is 3.52. The molecule has 1 aliphatic heterocycles. The number of morpholine rings is 1. The molecule has 0 saturated carbocycles. The highest BCUT2D eigenvalue weighted by atomic mass is 35.5. The van der Waals surface area contributed by atoms with Gasteiger partial charge in [-0.3, -0.25) is 5.84 Å². The van der Waals surface area contributed by atoms with Gasteiger partial charge < -0.3 is 15.1 Å². The molecule has 0 spiro atoms. The SMILES string of the molecule is Cl.Cl.Cl.NNc1cccc(N2CCOCC2)c1. The fraction of sp³-hybridized carbons (Fsp3) is 0.400. The lowest BCUT2D eigenvalue weighted by molar-refractivity contribution is 0.122. The van der Waals surface area contributed by atoms with Crippen molar-refractivity contribution >= 4 is 48.6 Å². The summed E-state index contributed by atoms with van der Waals surface area (Å²) in [5.74, 6) is 5.36. The number of rotatable bonds is 2. The van der Waals surface area contributed by atoms with E-state index in [4.69, 9.17) is 10.6 Å². The van der Waals surface area contributed by atoms with E-state index in [0.29, 0.717) is 0 Å². The van der Waals surface area contributed by atoms with Gasteiger partial charge in [-0.2, -0.15) is 0 Å². The molecule has 1 aliphatic rings. The third-order valence-corrected chi connectivity index (χ3v) is 2.39. The van der Waals surface area contributed by atoms with Crippen molar-refractivity contribution in [3.63, 3.8) is 0 Å². The minimum atomic E-state index is 0. The van der Waals surface area contributed by atoms with Crippen molar-refractivity contribution in [2.75, 3.05) is 36.6 Å². The molecule has 1 saturated heterocycles. The predicted octanol–water partition coefficient (Wildman–Crippen LogP) is 2.07. The van der Waals surface area contributed by atoms with E-state index in [0.717, 1.165) is 32.0 Å². The number of nitrogens with one attached hydrogen (secondary N) is 1. The first-order chi connectivity index (χ1) is 6.90. The summed E-state index contributed by atoms with van der Waals surface area (Å²) >= 11 is 0. The highest BCUT2D eigenvalue weighted by Crippen LogP contribution is 2.19. The highest BCUT2D eigenvalue weighted by Gasteiger charge is 2.10. The van der Waals surface area contributed by atoms with Crippen molar-refractivity contribution < 1.29 is 4.74 Å². The smallest absolute Gasteiger partial charge is 0.0642 e. The summed E-state index contributed by atoms with van der Waals surface area (Å²) in [6, 6.07) is 8.08. The molecule has 0 bridgehead atoms.